The lowest BCUT2D eigenvalue weighted by molar-refractivity contribution is 1.30. The van der Waals surface area contributed by atoms with E-state index in [2.05, 4.69) is 4.99 Å². The predicted octanol–water partition coefficient (Wildman–Crippen LogP) is 2.30. The first-order chi connectivity index (χ1) is 3.81. The van der Waals surface area contributed by atoms with Gasteiger partial charge in [-0.15, -0.1) is 11.8 Å². The first kappa shape index (κ1) is 7.76. The van der Waals surface area contributed by atoms with Crippen LogP contribution in [0.5, 0.6) is 0 Å². The van der Waals surface area contributed by atoms with Gasteiger partial charge in [0.2, 0.25) is 0 Å². The quantitative estimate of drug-likeness (QED) is 0.411. The molecule has 0 aliphatic heterocycles. The van der Waals surface area contributed by atoms with Crippen molar-refractivity contribution in [2.75, 3.05) is 6.26 Å². The van der Waals surface area contributed by atoms with Gasteiger partial charge in [0.15, 0.2) is 0 Å². The highest BCUT2D eigenvalue weighted by atomic mass is 32.2. The minimum absolute atomic E-state index is 1.07. The molecule has 0 rings (SSSR count). The van der Waals surface area contributed by atoms with E-state index >= 15 is 0 Å². The normalized spacial score (nSPS) is 13.1. The van der Waals surface area contributed by atoms with Crippen molar-refractivity contribution in [1.82, 2.24) is 0 Å². The van der Waals surface area contributed by atoms with Gasteiger partial charge >= 0.3 is 0 Å². The Hall–Kier alpha value is -0.240. The van der Waals surface area contributed by atoms with E-state index in [1.807, 2.05) is 31.7 Å². The number of allylic oxidation sites excluding steroid dienone is 2. The van der Waals surface area contributed by atoms with Gasteiger partial charge in [-0.25, -0.2) is 0 Å². The highest BCUT2D eigenvalue weighted by molar-refractivity contribution is 8.11. The van der Waals surface area contributed by atoms with Gasteiger partial charge in [-0.2, -0.15) is 0 Å². The Labute approximate surface area is 54.9 Å². The predicted molar refractivity (Wildman–Crippen MR) is 41.4 cm³/mol. The average molecular weight is 129 g/mol. The summed E-state index contributed by atoms with van der Waals surface area (Å²) in [6.07, 6.45) is 3.97. The SMILES string of the molecule is C/C=C(/C)N=CSC. The van der Waals surface area contributed by atoms with Gasteiger partial charge in [0, 0.05) is 5.70 Å². The van der Waals surface area contributed by atoms with Crippen molar-refractivity contribution in [3.8, 4) is 0 Å². The molecule has 0 bridgehead atoms. The average Bonchev–Trinajstić information content (AvgIpc) is 1.83. The van der Waals surface area contributed by atoms with Gasteiger partial charge in [0.25, 0.3) is 0 Å². The zero-order valence-corrected chi connectivity index (χ0v) is 6.33. The molecule has 0 aromatic carbocycles. The summed E-state index contributed by atoms with van der Waals surface area (Å²) in [5, 5.41) is 0. The number of hydrogen-bond donors (Lipinski definition) is 0. The molecule has 0 radical (unpaired) electrons. The Morgan fingerprint density at radius 1 is 1.62 bits per heavy atom. The summed E-state index contributed by atoms with van der Waals surface area (Å²) in [4.78, 5) is 4.06. The van der Waals surface area contributed by atoms with Crippen molar-refractivity contribution in [3.63, 3.8) is 0 Å². The molecule has 0 spiro atoms. The maximum Gasteiger partial charge on any atom is 0.0597 e. The lowest BCUT2D eigenvalue weighted by atomic mass is 10.5. The minimum Gasteiger partial charge on any atom is -0.255 e. The third-order valence-corrected chi connectivity index (χ3v) is 1.10. The van der Waals surface area contributed by atoms with Gasteiger partial charge in [0.1, 0.15) is 0 Å². The molecule has 0 N–H and O–H groups in total. The van der Waals surface area contributed by atoms with Crippen molar-refractivity contribution in [2.45, 2.75) is 13.8 Å². The van der Waals surface area contributed by atoms with Crippen LogP contribution < -0.4 is 0 Å². The van der Waals surface area contributed by atoms with Gasteiger partial charge < -0.3 is 0 Å². The van der Waals surface area contributed by atoms with E-state index < -0.39 is 0 Å². The van der Waals surface area contributed by atoms with Crippen LogP contribution in [0.25, 0.3) is 0 Å². The molecule has 2 heteroatoms. The van der Waals surface area contributed by atoms with Crippen LogP contribution in [0.15, 0.2) is 16.8 Å². The lowest BCUT2D eigenvalue weighted by Crippen LogP contribution is -1.65. The van der Waals surface area contributed by atoms with E-state index in [1.165, 1.54) is 0 Å². The summed E-state index contributed by atoms with van der Waals surface area (Å²) < 4.78 is 0. The fourth-order valence-corrected chi connectivity index (χ4v) is 0.482. The van der Waals surface area contributed by atoms with Crippen LogP contribution in [-0.4, -0.2) is 11.8 Å². The van der Waals surface area contributed by atoms with E-state index in [0.29, 0.717) is 0 Å². The summed E-state index contributed by atoms with van der Waals surface area (Å²) in [7, 11) is 0. The fourth-order valence-electron chi connectivity index (χ4n) is 0.210. The van der Waals surface area contributed by atoms with Crippen LogP contribution in [0, 0.1) is 0 Å². The Bertz CT molecular complexity index is 105. The van der Waals surface area contributed by atoms with Gasteiger partial charge in [-0.1, -0.05) is 6.08 Å². The molecule has 0 aliphatic carbocycles. The molecule has 0 unspecified atom stereocenters. The fraction of sp³-hybridized carbons (Fsp3) is 0.500. The van der Waals surface area contributed by atoms with E-state index in [4.69, 9.17) is 0 Å². The standard InChI is InChI=1S/C6H11NS/c1-4-6(2)7-5-8-3/h4-5H,1-3H3/b6-4-,7-5?. The van der Waals surface area contributed by atoms with Crippen molar-refractivity contribution in [2.24, 2.45) is 4.99 Å². The summed E-state index contributed by atoms with van der Waals surface area (Å²) in [5.74, 6) is 0. The second kappa shape index (κ2) is 4.91. The molecule has 0 saturated carbocycles. The topological polar surface area (TPSA) is 12.4 Å². The Balaban J connectivity index is 3.53. The summed E-state index contributed by atoms with van der Waals surface area (Å²) in [5.41, 5.74) is 2.90. The largest absolute Gasteiger partial charge is 0.255 e. The molecule has 1 nitrogen and oxygen atoms in total. The number of nitrogens with zero attached hydrogens (tertiary/aromatic N) is 1. The zero-order valence-electron chi connectivity index (χ0n) is 5.51. The lowest BCUT2D eigenvalue weighted by Gasteiger charge is -1.84. The number of hydrogen-bond acceptors (Lipinski definition) is 2. The van der Waals surface area contributed by atoms with Gasteiger partial charge in [0.05, 0.1) is 5.55 Å². The van der Waals surface area contributed by atoms with Crippen molar-refractivity contribution in [1.29, 1.82) is 0 Å². The van der Waals surface area contributed by atoms with Crippen molar-refractivity contribution < 1.29 is 0 Å². The molecular weight excluding hydrogens is 118 g/mol. The highest BCUT2D eigenvalue weighted by Gasteiger charge is 1.73. The van der Waals surface area contributed by atoms with Crippen LogP contribution in [0.3, 0.4) is 0 Å². The Morgan fingerprint density at radius 2 is 2.25 bits per heavy atom. The van der Waals surface area contributed by atoms with E-state index in [0.717, 1.165) is 5.70 Å². The molecule has 8 heavy (non-hydrogen) atoms. The second-order valence-electron chi connectivity index (χ2n) is 1.40. The smallest absolute Gasteiger partial charge is 0.0597 e. The first-order valence-corrected chi connectivity index (χ1v) is 3.78. The molecule has 0 heterocycles. The first-order valence-electron chi connectivity index (χ1n) is 2.49. The van der Waals surface area contributed by atoms with Crippen LogP contribution in [-0.2, 0) is 0 Å². The molecule has 0 aromatic heterocycles. The molecular formula is C6H11NS. The maximum atomic E-state index is 4.06. The molecule has 0 aromatic rings. The van der Waals surface area contributed by atoms with E-state index in [9.17, 15) is 0 Å². The monoisotopic (exact) mass is 129 g/mol. The number of thioether (sulfide) groups is 1. The molecule has 46 valence electrons. The van der Waals surface area contributed by atoms with Gasteiger partial charge in [-0.3, -0.25) is 4.99 Å². The Kier molecular flexibility index (Phi) is 4.76. The molecule has 0 saturated heterocycles. The van der Waals surface area contributed by atoms with Crippen molar-refractivity contribution in [3.05, 3.63) is 11.8 Å². The van der Waals surface area contributed by atoms with Crippen LogP contribution >= 0.6 is 11.8 Å². The maximum absolute atomic E-state index is 4.06. The van der Waals surface area contributed by atoms with Crippen LogP contribution in [0.1, 0.15) is 13.8 Å². The molecule has 0 amide bonds. The summed E-state index contributed by atoms with van der Waals surface area (Å²) >= 11 is 1.61. The van der Waals surface area contributed by atoms with Crippen LogP contribution in [0.2, 0.25) is 0 Å². The number of rotatable bonds is 2. The molecule has 0 atom stereocenters. The molecule has 0 fully saturated rings. The van der Waals surface area contributed by atoms with Crippen molar-refractivity contribution >= 4 is 17.3 Å². The number of aliphatic imine (C=N–C) groups is 1. The zero-order chi connectivity index (χ0) is 6.41. The van der Waals surface area contributed by atoms with Crippen LogP contribution in [0.4, 0.5) is 0 Å². The second-order valence-corrected chi connectivity index (χ2v) is 2.08. The minimum atomic E-state index is 1.07. The summed E-state index contributed by atoms with van der Waals surface area (Å²) in [6.45, 7) is 3.96. The summed E-state index contributed by atoms with van der Waals surface area (Å²) in [6, 6.07) is 0. The van der Waals surface area contributed by atoms with Gasteiger partial charge in [-0.05, 0) is 20.1 Å². The Morgan fingerprint density at radius 3 is 2.62 bits per heavy atom. The van der Waals surface area contributed by atoms with E-state index in [-0.39, 0.29) is 0 Å². The van der Waals surface area contributed by atoms with E-state index in [1.54, 1.807) is 11.8 Å². The third kappa shape index (κ3) is 3.93. The molecule has 0 aliphatic rings. The third-order valence-electron chi connectivity index (χ3n) is 0.780. The highest BCUT2D eigenvalue weighted by Crippen LogP contribution is 1.94.